The Morgan fingerprint density at radius 1 is 0.192 bits per heavy atom. The fraction of sp³-hybridized carbons (Fsp3) is 0. The van der Waals surface area contributed by atoms with Gasteiger partial charge in [-0.3, -0.25) is 0 Å². The highest BCUT2D eigenvalue weighted by atomic mass is 14.2. The van der Waals surface area contributed by atoms with Gasteiger partial charge in [0.25, 0.3) is 0 Å². The van der Waals surface area contributed by atoms with Crippen LogP contribution in [0.25, 0.3) is 98.7 Å². The zero-order valence-electron chi connectivity index (χ0n) is 28.6. The first-order valence-electron chi connectivity index (χ1n) is 18.0. The molecule has 0 radical (unpaired) electrons. The van der Waals surface area contributed by atoms with Crippen molar-refractivity contribution in [2.75, 3.05) is 0 Å². The average Bonchev–Trinajstić information content (AvgIpc) is 3.23. The summed E-state index contributed by atoms with van der Waals surface area (Å²) < 4.78 is 0. The summed E-state index contributed by atoms with van der Waals surface area (Å²) in [5, 5.41) is 10.1. The van der Waals surface area contributed by atoms with Crippen LogP contribution in [0, 0.1) is 0 Å². The molecule has 0 saturated carbocycles. The van der Waals surface area contributed by atoms with Gasteiger partial charge in [-0.05, 0) is 117 Å². The van der Waals surface area contributed by atoms with E-state index in [4.69, 9.17) is 0 Å². The maximum atomic E-state index is 2.44. The van der Waals surface area contributed by atoms with Gasteiger partial charge in [0.15, 0.2) is 0 Å². The van der Waals surface area contributed by atoms with Crippen LogP contribution in [0.3, 0.4) is 0 Å². The molecule has 0 fully saturated rings. The van der Waals surface area contributed by atoms with E-state index in [1.807, 2.05) is 0 Å². The minimum atomic E-state index is 1.21. The van der Waals surface area contributed by atoms with Crippen LogP contribution in [0.4, 0.5) is 0 Å². The van der Waals surface area contributed by atoms with Crippen molar-refractivity contribution in [3.05, 3.63) is 206 Å². The monoisotopic (exact) mass is 658 g/mol. The first kappa shape index (κ1) is 30.1. The lowest BCUT2D eigenvalue weighted by molar-refractivity contribution is 1.58. The highest BCUT2D eigenvalue weighted by Gasteiger charge is 2.18. The first-order chi connectivity index (χ1) is 25.8. The van der Waals surface area contributed by atoms with E-state index in [1.54, 1.807) is 0 Å². The molecule has 0 amide bonds. The largest absolute Gasteiger partial charge is 0.0622 e. The predicted molar refractivity (Wildman–Crippen MR) is 224 cm³/mol. The molecular weight excluding hydrogens is 625 g/mol. The third-order valence-corrected chi connectivity index (χ3v) is 10.6. The molecule has 0 heteroatoms. The summed E-state index contributed by atoms with van der Waals surface area (Å²) in [5.41, 5.74) is 12.3. The van der Waals surface area contributed by atoms with Gasteiger partial charge in [-0.25, -0.2) is 0 Å². The number of hydrogen-bond acceptors (Lipinski definition) is 0. The Balaban J connectivity index is 1.22. The fourth-order valence-electron chi connectivity index (χ4n) is 8.20. The summed E-state index contributed by atoms with van der Waals surface area (Å²) in [6, 6.07) is 75.5. The molecule has 0 unspecified atom stereocenters. The standard InChI is InChI=1S/C52H34/c1-3-14-35(15-4-1)39-19-13-20-40(32-39)36-26-28-38(29-27-36)52-47-25-12-11-24-46(47)51(37-16-5-2-6-17-37)48-31-30-42(34-50(48)52)49-33-41-18-7-8-21-43(41)44-22-9-10-23-45(44)49/h1-34H. The van der Waals surface area contributed by atoms with Crippen LogP contribution < -0.4 is 0 Å². The molecule has 0 heterocycles. The Bertz CT molecular complexity index is 2920. The third kappa shape index (κ3) is 5.08. The van der Waals surface area contributed by atoms with Crippen LogP contribution in [0.2, 0.25) is 0 Å². The molecule has 0 aliphatic heterocycles. The molecule has 0 spiro atoms. The molecular formula is C52H34. The molecule has 0 aliphatic rings. The topological polar surface area (TPSA) is 0 Å². The average molecular weight is 659 g/mol. The summed E-state index contributed by atoms with van der Waals surface area (Å²) in [6.07, 6.45) is 0. The maximum absolute atomic E-state index is 2.44. The second-order valence-corrected chi connectivity index (χ2v) is 13.6. The predicted octanol–water partition coefficient (Wildman–Crippen LogP) is 14.6. The van der Waals surface area contributed by atoms with E-state index in [9.17, 15) is 0 Å². The Morgan fingerprint density at radius 3 is 1.33 bits per heavy atom. The number of fused-ring (bicyclic) bond motifs is 5. The Labute approximate surface area is 303 Å². The van der Waals surface area contributed by atoms with E-state index in [0.29, 0.717) is 0 Å². The summed E-state index contributed by atoms with van der Waals surface area (Å²) in [5.74, 6) is 0. The quantitative estimate of drug-likeness (QED) is 0.128. The molecule has 242 valence electrons. The van der Waals surface area contributed by atoms with Crippen LogP contribution in [0.15, 0.2) is 206 Å². The fourth-order valence-corrected chi connectivity index (χ4v) is 8.20. The third-order valence-electron chi connectivity index (χ3n) is 10.6. The van der Waals surface area contributed by atoms with Crippen molar-refractivity contribution in [1.29, 1.82) is 0 Å². The van der Waals surface area contributed by atoms with E-state index in [1.165, 1.54) is 98.7 Å². The van der Waals surface area contributed by atoms with Crippen molar-refractivity contribution < 1.29 is 0 Å². The molecule has 10 aromatic rings. The minimum absolute atomic E-state index is 1.21. The van der Waals surface area contributed by atoms with Crippen molar-refractivity contribution in [1.82, 2.24) is 0 Å². The molecule has 10 rings (SSSR count). The van der Waals surface area contributed by atoms with Crippen molar-refractivity contribution in [3.63, 3.8) is 0 Å². The molecule has 0 bridgehead atoms. The van der Waals surface area contributed by atoms with Crippen molar-refractivity contribution >= 4 is 43.1 Å². The van der Waals surface area contributed by atoms with Gasteiger partial charge in [0.2, 0.25) is 0 Å². The number of benzene rings is 10. The Morgan fingerprint density at radius 2 is 0.635 bits per heavy atom. The van der Waals surface area contributed by atoms with Crippen molar-refractivity contribution in [2.24, 2.45) is 0 Å². The molecule has 0 aliphatic carbocycles. The Hall–Kier alpha value is -6.76. The minimum Gasteiger partial charge on any atom is -0.0622 e. The zero-order valence-corrected chi connectivity index (χ0v) is 28.6. The summed E-state index contributed by atoms with van der Waals surface area (Å²) in [7, 11) is 0. The smallest absolute Gasteiger partial charge is 0.00261 e. The Kier molecular flexibility index (Phi) is 7.25. The molecule has 0 atom stereocenters. The molecule has 52 heavy (non-hydrogen) atoms. The van der Waals surface area contributed by atoms with Gasteiger partial charge in [0.05, 0.1) is 0 Å². The van der Waals surface area contributed by atoms with Gasteiger partial charge in [0, 0.05) is 0 Å². The van der Waals surface area contributed by atoms with E-state index >= 15 is 0 Å². The summed E-state index contributed by atoms with van der Waals surface area (Å²) >= 11 is 0. The van der Waals surface area contributed by atoms with Gasteiger partial charge < -0.3 is 0 Å². The summed E-state index contributed by atoms with van der Waals surface area (Å²) in [6.45, 7) is 0. The van der Waals surface area contributed by atoms with Crippen molar-refractivity contribution in [2.45, 2.75) is 0 Å². The SMILES string of the molecule is c1ccc(-c2cccc(-c3ccc(-c4c5ccccc5c(-c5ccccc5)c5ccc(-c6cc7ccccc7c7ccccc67)cc45)cc3)c2)cc1. The normalized spacial score (nSPS) is 11.5. The van der Waals surface area contributed by atoms with Gasteiger partial charge >= 0.3 is 0 Å². The lowest BCUT2D eigenvalue weighted by atomic mass is 9.84. The molecule has 0 aromatic heterocycles. The van der Waals surface area contributed by atoms with Gasteiger partial charge in [0.1, 0.15) is 0 Å². The van der Waals surface area contributed by atoms with Gasteiger partial charge in [-0.1, -0.05) is 188 Å². The van der Waals surface area contributed by atoms with Crippen LogP contribution in [-0.4, -0.2) is 0 Å². The highest BCUT2D eigenvalue weighted by Crippen LogP contribution is 2.46. The van der Waals surface area contributed by atoms with Crippen LogP contribution in [0.1, 0.15) is 0 Å². The van der Waals surface area contributed by atoms with Gasteiger partial charge in [-0.15, -0.1) is 0 Å². The molecule has 0 N–H and O–H groups in total. The van der Waals surface area contributed by atoms with E-state index in [-0.39, 0.29) is 0 Å². The highest BCUT2D eigenvalue weighted by molar-refractivity contribution is 6.22. The van der Waals surface area contributed by atoms with E-state index in [0.717, 1.165) is 0 Å². The molecule has 10 aromatic carbocycles. The number of rotatable bonds is 5. The van der Waals surface area contributed by atoms with Crippen molar-refractivity contribution in [3.8, 4) is 55.6 Å². The maximum Gasteiger partial charge on any atom is -0.00261 e. The second kappa shape index (κ2) is 12.5. The summed E-state index contributed by atoms with van der Waals surface area (Å²) in [4.78, 5) is 0. The van der Waals surface area contributed by atoms with Crippen LogP contribution in [0.5, 0.6) is 0 Å². The van der Waals surface area contributed by atoms with Gasteiger partial charge in [-0.2, -0.15) is 0 Å². The first-order valence-corrected chi connectivity index (χ1v) is 18.0. The lowest BCUT2D eigenvalue weighted by Gasteiger charge is -2.19. The zero-order chi connectivity index (χ0) is 34.4. The molecule has 0 nitrogen and oxygen atoms in total. The van der Waals surface area contributed by atoms with Crippen LogP contribution in [-0.2, 0) is 0 Å². The molecule has 0 saturated heterocycles. The number of hydrogen-bond donors (Lipinski definition) is 0. The van der Waals surface area contributed by atoms with Crippen LogP contribution >= 0.6 is 0 Å². The van der Waals surface area contributed by atoms with E-state index in [2.05, 4.69) is 206 Å². The lowest BCUT2D eigenvalue weighted by Crippen LogP contribution is -1.92. The van der Waals surface area contributed by atoms with E-state index < -0.39 is 0 Å². The second-order valence-electron chi connectivity index (χ2n) is 13.6.